The molecule has 90 valence electrons. The van der Waals surface area contributed by atoms with E-state index in [9.17, 15) is 4.79 Å². The van der Waals surface area contributed by atoms with E-state index in [4.69, 9.17) is 11.6 Å². The zero-order chi connectivity index (χ0) is 12.1. The molecule has 0 unspecified atom stereocenters. The van der Waals surface area contributed by atoms with Gasteiger partial charge in [-0.25, -0.2) is 0 Å². The molecule has 16 heavy (non-hydrogen) atoms. The molecule has 0 radical (unpaired) electrons. The van der Waals surface area contributed by atoms with Gasteiger partial charge in [-0.2, -0.15) is 17.7 Å². The highest BCUT2D eigenvalue weighted by Gasteiger charge is 2.15. The molecule has 0 bridgehead atoms. The van der Waals surface area contributed by atoms with Crippen molar-refractivity contribution in [3.8, 4) is 0 Å². The lowest BCUT2D eigenvalue weighted by Crippen LogP contribution is -2.27. The average molecular weight is 262 g/mol. The summed E-state index contributed by atoms with van der Waals surface area (Å²) in [4.78, 5) is 11.5. The van der Waals surface area contributed by atoms with E-state index in [1.54, 1.807) is 11.7 Å². The van der Waals surface area contributed by atoms with Gasteiger partial charge in [-0.05, 0) is 6.42 Å². The number of rotatable bonds is 5. The van der Waals surface area contributed by atoms with Crippen LogP contribution in [0.15, 0.2) is 0 Å². The molecule has 0 aliphatic rings. The van der Waals surface area contributed by atoms with Crippen molar-refractivity contribution < 1.29 is 4.79 Å². The van der Waals surface area contributed by atoms with Gasteiger partial charge in [0, 0.05) is 19.3 Å². The highest BCUT2D eigenvalue weighted by Crippen LogP contribution is 2.20. The van der Waals surface area contributed by atoms with E-state index in [0.717, 1.165) is 17.8 Å². The number of hydrogen-bond donors (Lipinski definition) is 2. The maximum absolute atomic E-state index is 11.5. The number of carbonyl (C=O) groups excluding carboxylic acids is 1. The highest BCUT2D eigenvalue weighted by atomic mass is 35.5. The van der Waals surface area contributed by atoms with Crippen LogP contribution in [0.1, 0.15) is 18.3 Å². The third-order valence-electron chi connectivity index (χ3n) is 2.26. The summed E-state index contributed by atoms with van der Waals surface area (Å²) in [6, 6.07) is 0. The molecule has 0 aromatic carbocycles. The monoisotopic (exact) mass is 261 g/mol. The lowest BCUT2D eigenvalue weighted by Gasteiger charge is -2.04. The van der Waals surface area contributed by atoms with Gasteiger partial charge in [0.15, 0.2) is 0 Å². The predicted octanol–water partition coefficient (Wildman–Crippen LogP) is 1.22. The molecule has 4 nitrogen and oxygen atoms in total. The van der Waals surface area contributed by atoms with Gasteiger partial charge >= 0.3 is 0 Å². The first-order valence-corrected chi connectivity index (χ1v) is 6.19. The molecule has 1 rings (SSSR count). The van der Waals surface area contributed by atoms with E-state index < -0.39 is 0 Å². The van der Waals surface area contributed by atoms with Crippen molar-refractivity contribution in [1.29, 1.82) is 0 Å². The number of hydrogen-bond acceptors (Lipinski definition) is 3. The van der Waals surface area contributed by atoms with Crippen molar-refractivity contribution in [2.75, 3.05) is 12.3 Å². The molecule has 0 fully saturated rings. The molecule has 0 saturated carbocycles. The van der Waals surface area contributed by atoms with Crippen LogP contribution in [0.4, 0.5) is 0 Å². The minimum absolute atomic E-state index is 0.0541. The first kappa shape index (κ1) is 13.4. The largest absolute Gasteiger partial charge is 0.355 e. The summed E-state index contributed by atoms with van der Waals surface area (Å²) in [5.41, 5.74) is 1.59. The molecule has 0 aliphatic carbocycles. The van der Waals surface area contributed by atoms with Crippen LogP contribution in [-0.2, 0) is 24.7 Å². The highest BCUT2D eigenvalue weighted by molar-refractivity contribution is 7.80. The lowest BCUT2D eigenvalue weighted by molar-refractivity contribution is -0.120. The van der Waals surface area contributed by atoms with E-state index >= 15 is 0 Å². The molecule has 1 aromatic heterocycles. The number of aryl methyl sites for hydroxylation is 2. The van der Waals surface area contributed by atoms with Crippen LogP contribution in [-0.4, -0.2) is 28.0 Å². The summed E-state index contributed by atoms with van der Waals surface area (Å²) in [5.74, 6) is 0.576. The summed E-state index contributed by atoms with van der Waals surface area (Å²) in [5, 5.41) is 7.60. The second-order valence-electron chi connectivity index (χ2n) is 3.43. The standard InChI is InChI=1S/C10H16ClN3OS/c1-3-7-10(11)8(14(2)13-7)6-9(15)12-4-5-16/h16H,3-6H2,1-2H3,(H,12,15). The maximum atomic E-state index is 11.5. The zero-order valence-corrected chi connectivity index (χ0v) is 11.1. The number of carbonyl (C=O) groups is 1. The quantitative estimate of drug-likeness (QED) is 0.783. The summed E-state index contributed by atoms with van der Waals surface area (Å²) in [7, 11) is 1.80. The fourth-order valence-corrected chi connectivity index (χ4v) is 1.89. The van der Waals surface area contributed by atoms with Crippen LogP contribution in [0.5, 0.6) is 0 Å². The Morgan fingerprint density at radius 1 is 1.62 bits per heavy atom. The van der Waals surface area contributed by atoms with E-state index in [1.807, 2.05) is 6.92 Å². The first-order valence-electron chi connectivity index (χ1n) is 5.18. The SMILES string of the molecule is CCc1nn(C)c(CC(=O)NCCS)c1Cl. The van der Waals surface area contributed by atoms with Crippen LogP contribution < -0.4 is 5.32 Å². The number of thiol groups is 1. The van der Waals surface area contributed by atoms with Gasteiger partial charge in [-0.15, -0.1) is 0 Å². The summed E-state index contributed by atoms with van der Waals surface area (Å²) in [6.07, 6.45) is 1.03. The summed E-state index contributed by atoms with van der Waals surface area (Å²) in [6.45, 7) is 2.55. The molecule has 0 aliphatic heterocycles. The number of halogens is 1. The Kier molecular flexibility index (Phi) is 5.15. The van der Waals surface area contributed by atoms with Crippen molar-refractivity contribution in [3.05, 3.63) is 16.4 Å². The fraction of sp³-hybridized carbons (Fsp3) is 0.600. The normalized spacial score (nSPS) is 10.5. The number of nitrogens with one attached hydrogen (secondary N) is 1. The Morgan fingerprint density at radius 3 is 2.81 bits per heavy atom. The Bertz CT molecular complexity index is 378. The maximum Gasteiger partial charge on any atom is 0.226 e. The van der Waals surface area contributed by atoms with E-state index in [1.165, 1.54) is 0 Å². The minimum Gasteiger partial charge on any atom is -0.355 e. The van der Waals surface area contributed by atoms with Crippen molar-refractivity contribution in [1.82, 2.24) is 15.1 Å². The van der Waals surface area contributed by atoms with E-state index in [2.05, 4.69) is 23.0 Å². The average Bonchev–Trinajstić information content (AvgIpc) is 2.53. The van der Waals surface area contributed by atoms with Crippen molar-refractivity contribution >= 4 is 30.1 Å². The number of nitrogens with zero attached hydrogens (tertiary/aromatic N) is 2. The number of amides is 1. The van der Waals surface area contributed by atoms with Gasteiger partial charge in [0.05, 0.1) is 22.8 Å². The van der Waals surface area contributed by atoms with Crippen molar-refractivity contribution in [2.24, 2.45) is 7.05 Å². The van der Waals surface area contributed by atoms with Gasteiger partial charge in [-0.1, -0.05) is 18.5 Å². The molecule has 1 aromatic rings. The fourth-order valence-electron chi connectivity index (χ4n) is 1.42. The molecular weight excluding hydrogens is 246 g/mol. The van der Waals surface area contributed by atoms with Crippen molar-refractivity contribution in [2.45, 2.75) is 19.8 Å². The third kappa shape index (κ3) is 3.15. The summed E-state index contributed by atoms with van der Waals surface area (Å²) < 4.78 is 1.67. The molecular formula is C10H16ClN3OS. The topological polar surface area (TPSA) is 46.9 Å². The second-order valence-corrected chi connectivity index (χ2v) is 4.26. The predicted molar refractivity (Wildman–Crippen MR) is 68.2 cm³/mol. The second kappa shape index (κ2) is 6.15. The molecule has 1 heterocycles. The number of aromatic nitrogens is 2. The van der Waals surface area contributed by atoms with Crippen molar-refractivity contribution in [3.63, 3.8) is 0 Å². The van der Waals surface area contributed by atoms with Crippen LogP contribution in [0.25, 0.3) is 0 Å². The summed E-state index contributed by atoms with van der Waals surface area (Å²) >= 11 is 10.2. The van der Waals surface area contributed by atoms with Crippen LogP contribution in [0.3, 0.4) is 0 Å². The van der Waals surface area contributed by atoms with Crippen LogP contribution in [0.2, 0.25) is 5.02 Å². The Hall–Kier alpha value is -0.680. The molecule has 1 amide bonds. The third-order valence-corrected chi connectivity index (χ3v) is 2.92. The lowest BCUT2D eigenvalue weighted by atomic mass is 10.2. The Balaban J connectivity index is 2.73. The van der Waals surface area contributed by atoms with Gasteiger partial charge in [-0.3, -0.25) is 9.48 Å². The van der Waals surface area contributed by atoms with Gasteiger partial charge in [0.1, 0.15) is 0 Å². The van der Waals surface area contributed by atoms with Gasteiger partial charge < -0.3 is 5.32 Å². The van der Waals surface area contributed by atoms with Gasteiger partial charge in [0.25, 0.3) is 0 Å². The zero-order valence-electron chi connectivity index (χ0n) is 9.46. The Morgan fingerprint density at radius 2 is 2.31 bits per heavy atom. The molecule has 0 atom stereocenters. The molecule has 6 heteroatoms. The molecule has 0 spiro atoms. The van der Waals surface area contributed by atoms with E-state index in [0.29, 0.717) is 17.3 Å². The molecule has 0 saturated heterocycles. The van der Waals surface area contributed by atoms with Crippen LogP contribution in [0, 0.1) is 0 Å². The van der Waals surface area contributed by atoms with E-state index in [-0.39, 0.29) is 12.3 Å². The van der Waals surface area contributed by atoms with Gasteiger partial charge in [0.2, 0.25) is 5.91 Å². The smallest absolute Gasteiger partial charge is 0.226 e. The van der Waals surface area contributed by atoms with Crippen LogP contribution >= 0.6 is 24.2 Å². The first-order chi connectivity index (χ1) is 7.60. The molecule has 1 N–H and O–H groups in total. The minimum atomic E-state index is -0.0541. The Labute approximate surface area is 106 Å².